The molecular formula is C18H14N2S. The Bertz CT molecular complexity index is 911. The fourth-order valence-corrected chi connectivity index (χ4v) is 3.52. The largest absolute Gasteiger partial charge is 0.381 e. The summed E-state index contributed by atoms with van der Waals surface area (Å²) in [5.74, 6) is 0. The Balaban J connectivity index is 1.60. The highest BCUT2D eigenvalue weighted by molar-refractivity contribution is 7.17. The molecule has 0 spiro atoms. The second-order valence-electron chi connectivity index (χ2n) is 5.02. The van der Waals surface area contributed by atoms with Crippen LogP contribution in [0.5, 0.6) is 0 Å². The molecule has 0 aliphatic rings. The number of thiophene rings is 1. The van der Waals surface area contributed by atoms with Gasteiger partial charge in [0.25, 0.3) is 0 Å². The Labute approximate surface area is 127 Å². The van der Waals surface area contributed by atoms with Crippen molar-refractivity contribution < 1.29 is 0 Å². The molecule has 2 aromatic carbocycles. The Hall–Kier alpha value is -2.39. The molecule has 0 saturated heterocycles. The number of hydrogen-bond acceptors (Lipinski definition) is 3. The molecule has 0 saturated carbocycles. The molecule has 3 heteroatoms. The normalized spacial score (nSPS) is 11.0. The van der Waals surface area contributed by atoms with Gasteiger partial charge in [0.1, 0.15) is 0 Å². The van der Waals surface area contributed by atoms with E-state index in [9.17, 15) is 0 Å². The van der Waals surface area contributed by atoms with Crippen LogP contribution in [0.1, 0.15) is 5.56 Å². The van der Waals surface area contributed by atoms with Crippen LogP contribution >= 0.6 is 11.3 Å². The number of aromatic nitrogens is 1. The maximum Gasteiger partial charge on any atom is 0.0703 e. The lowest BCUT2D eigenvalue weighted by molar-refractivity contribution is 1.18. The minimum Gasteiger partial charge on any atom is -0.381 e. The van der Waals surface area contributed by atoms with Gasteiger partial charge in [-0.25, -0.2) is 0 Å². The lowest BCUT2D eigenvalue weighted by Gasteiger charge is -2.07. The molecule has 1 N–H and O–H groups in total. The summed E-state index contributed by atoms with van der Waals surface area (Å²) in [6.07, 6.45) is 1.83. The second-order valence-corrected chi connectivity index (χ2v) is 5.93. The molecule has 0 aliphatic carbocycles. The molecule has 4 aromatic rings. The summed E-state index contributed by atoms with van der Waals surface area (Å²) < 4.78 is 1.34. The molecular weight excluding hydrogens is 276 g/mol. The molecule has 2 nitrogen and oxygen atoms in total. The minimum absolute atomic E-state index is 0.843. The van der Waals surface area contributed by atoms with Crippen LogP contribution in [-0.4, -0.2) is 4.98 Å². The Morgan fingerprint density at radius 2 is 1.95 bits per heavy atom. The third kappa shape index (κ3) is 2.36. The highest BCUT2D eigenvalue weighted by Gasteiger charge is 2.03. The number of rotatable bonds is 3. The average Bonchev–Trinajstić information content (AvgIpc) is 2.96. The Morgan fingerprint density at radius 3 is 2.95 bits per heavy atom. The third-order valence-electron chi connectivity index (χ3n) is 3.65. The van der Waals surface area contributed by atoms with Crippen LogP contribution in [0.4, 0.5) is 5.69 Å². The standard InChI is InChI=1S/C18H14N2S/c1-2-6-18-16(5-1)14(12-21-18)11-20-15-7-8-17-13(10-15)4-3-9-19-17/h1-10,12,20H,11H2. The number of nitrogens with zero attached hydrogens (tertiary/aromatic N) is 1. The van der Waals surface area contributed by atoms with Gasteiger partial charge >= 0.3 is 0 Å². The van der Waals surface area contributed by atoms with E-state index < -0.39 is 0 Å². The van der Waals surface area contributed by atoms with Gasteiger partial charge in [-0.3, -0.25) is 4.98 Å². The first-order chi connectivity index (χ1) is 10.4. The predicted octanol–water partition coefficient (Wildman–Crippen LogP) is 5.06. The summed E-state index contributed by atoms with van der Waals surface area (Å²) >= 11 is 1.80. The first kappa shape index (κ1) is 12.4. The highest BCUT2D eigenvalue weighted by atomic mass is 32.1. The summed E-state index contributed by atoms with van der Waals surface area (Å²) in [6.45, 7) is 0.843. The van der Waals surface area contributed by atoms with E-state index in [1.807, 2.05) is 12.3 Å². The fraction of sp³-hybridized carbons (Fsp3) is 0.0556. The van der Waals surface area contributed by atoms with E-state index in [0.29, 0.717) is 0 Å². The molecule has 0 radical (unpaired) electrons. The summed E-state index contributed by atoms with van der Waals surface area (Å²) in [5.41, 5.74) is 3.51. The van der Waals surface area contributed by atoms with Crippen molar-refractivity contribution in [3.63, 3.8) is 0 Å². The van der Waals surface area contributed by atoms with Crippen LogP contribution in [0.2, 0.25) is 0 Å². The molecule has 2 aromatic heterocycles. The first-order valence-electron chi connectivity index (χ1n) is 6.94. The molecule has 0 unspecified atom stereocenters. The summed E-state index contributed by atoms with van der Waals surface area (Å²) in [4.78, 5) is 4.35. The van der Waals surface area contributed by atoms with Gasteiger partial charge in [-0.05, 0) is 46.7 Å². The van der Waals surface area contributed by atoms with Gasteiger partial charge in [-0.2, -0.15) is 0 Å². The maximum atomic E-state index is 4.35. The second kappa shape index (κ2) is 5.19. The summed E-state index contributed by atoms with van der Waals surface area (Å²) in [7, 11) is 0. The van der Waals surface area contributed by atoms with Crippen molar-refractivity contribution in [1.29, 1.82) is 0 Å². The van der Waals surface area contributed by atoms with Crippen LogP contribution in [0.25, 0.3) is 21.0 Å². The zero-order valence-electron chi connectivity index (χ0n) is 11.4. The van der Waals surface area contributed by atoms with E-state index in [1.165, 1.54) is 15.6 Å². The number of pyridine rings is 1. The van der Waals surface area contributed by atoms with Crippen molar-refractivity contribution in [3.8, 4) is 0 Å². The predicted molar refractivity (Wildman–Crippen MR) is 90.9 cm³/mol. The highest BCUT2D eigenvalue weighted by Crippen LogP contribution is 2.26. The summed E-state index contributed by atoms with van der Waals surface area (Å²) in [5, 5.41) is 8.26. The molecule has 0 bridgehead atoms. The van der Waals surface area contributed by atoms with Crippen LogP contribution < -0.4 is 5.32 Å². The number of nitrogens with one attached hydrogen (secondary N) is 1. The SMILES string of the molecule is c1cnc2ccc(NCc3csc4ccccc34)cc2c1. The van der Waals surface area contributed by atoms with Crippen molar-refractivity contribution >= 4 is 38.0 Å². The van der Waals surface area contributed by atoms with Crippen molar-refractivity contribution in [2.24, 2.45) is 0 Å². The first-order valence-corrected chi connectivity index (χ1v) is 7.82. The molecule has 2 heterocycles. The van der Waals surface area contributed by atoms with Gasteiger partial charge in [0.2, 0.25) is 0 Å². The van der Waals surface area contributed by atoms with E-state index in [2.05, 4.69) is 64.2 Å². The van der Waals surface area contributed by atoms with Crippen molar-refractivity contribution in [2.75, 3.05) is 5.32 Å². The molecule has 21 heavy (non-hydrogen) atoms. The van der Waals surface area contributed by atoms with E-state index in [-0.39, 0.29) is 0 Å². The van der Waals surface area contributed by atoms with Crippen LogP contribution in [0.3, 0.4) is 0 Å². The lowest BCUT2D eigenvalue weighted by atomic mass is 10.1. The Kier molecular flexibility index (Phi) is 3.05. The number of hydrogen-bond donors (Lipinski definition) is 1. The summed E-state index contributed by atoms with van der Waals surface area (Å²) in [6, 6.07) is 18.9. The van der Waals surface area contributed by atoms with Gasteiger partial charge in [0.15, 0.2) is 0 Å². The van der Waals surface area contributed by atoms with Gasteiger partial charge < -0.3 is 5.32 Å². The number of anilines is 1. The minimum atomic E-state index is 0.843. The third-order valence-corrected chi connectivity index (χ3v) is 4.66. The van der Waals surface area contributed by atoms with Gasteiger partial charge in [0, 0.05) is 28.5 Å². The van der Waals surface area contributed by atoms with Gasteiger partial charge in [-0.15, -0.1) is 11.3 Å². The molecule has 102 valence electrons. The topological polar surface area (TPSA) is 24.9 Å². The van der Waals surface area contributed by atoms with Crippen LogP contribution in [0.15, 0.2) is 66.2 Å². The monoisotopic (exact) mass is 290 g/mol. The number of fused-ring (bicyclic) bond motifs is 2. The van der Waals surface area contributed by atoms with E-state index in [4.69, 9.17) is 0 Å². The zero-order chi connectivity index (χ0) is 14.1. The molecule has 0 amide bonds. The van der Waals surface area contributed by atoms with Crippen LogP contribution in [0, 0.1) is 0 Å². The smallest absolute Gasteiger partial charge is 0.0703 e. The van der Waals surface area contributed by atoms with Crippen LogP contribution in [-0.2, 0) is 6.54 Å². The molecule has 0 aliphatic heterocycles. The molecule has 0 atom stereocenters. The van der Waals surface area contributed by atoms with Crippen molar-refractivity contribution in [2.45, 2.75) is 6.54 Å². The van der Waals surface area contributed by atoms with Crippen molar-refractivity contribution in [1.82, 2.24) is 4.98 Å². The molecule has 4 rings (SSSR count). The number of benzene rings is 2. The fourth-order valence-electron chi connectivity index (χ4n) is 2.55. The van der Waals surface area contributed by atoms with Gasteiger partial charge in [-0.1, -0.05) is 24.3 Å². The Morgan fingerprint density at radius 1 is 1.00 bits per heavy atom. The quantitative estimate of drug-likeness (QED) is 0.570. The molecule has 0 fully saturated rings. The van der Waals surface area contributed by atoms with Gasteiger partial charge in [0.05, 0.1) is 5.52 Å². The van der Waals surface area contributed by atoms with Crippen molar-refractivity contribution in [3.05, 3.63) is 71.7 Å². The lowest BCUT2D eigenvalue weighted by Crippen LogP contribution is -1.98. The average molecular weight is 290 g/mol. The van der Waals surface area contributed by atoms with E-state index >= 15 is 0 Å². The zero-order valence-corrected chi connectivity index (χ0v) is 12.2. The maximum absolute atomic E-state index is 4.35. The van der Waals surface area contributed by atoms with E-state index in [0.717, 1.165) is 23.1 Å². The van der Waals surface area contributed by atoms with E-state index in [1.54, 1.807) is 11.3 Å².